The summed E-state index contributed by atoms with van der Waals surface area (Å²) in [6.45, 7) is 2.96. The number of hydrogen-bond acceptors (Lipinski definition) is 9. The Hall–Kier alpha value is -3.68. The maximum Gasteiger partial charge on any atom is 0.339 e. The van der Waals surface area contributed by atoms with E-state index in [0.717, 1.165) is 31.5 Å². The second kappa shape index (κ2) is 10.00. The molecule has 6 rings (SSSR count). The van der Waals surface area contributed by atoms with Crippen LogP contribution in [0.2, 0.25) is 0 Å². The van der Waals surface area contributed by atoms with E-state index in [0.29, 0.717) is 48.4 Å². The lowest BCUT2D eigenvalue weighted by Crippen LogP contribution is -2.40. The van der Waals surface area contributed by atoms with Gasteiger partial charge < -0.3 is 29.5 Å². The zero-order valence-corrected chi connectivity index (χ0v) is 20.3. The van der Waals surface area contributed by atoms with E-state index in [-0.39, 0.29) is 25.0 Å². The number of aliphatic hydroxyl groups excluding tert-OH is 1. The van der Waals surface area contributed by atoms with Gasteiger partial charge in [0, 0.05) is 49.9 Å². The SMILES string of the molecule is N#CN1CCC2(CC1)OC(=O)c1ccc(F)cc12.O=C1OC2(CCNCC2)c2cc(OCCO)ccc21. The predicted octanol–water partition coefficient (Wildman–Crippen LogP) is 2.58. The van der Waals surface area contributed by atoms with Gasteiger partial charge in [-0.2, -0.15) is 5.26 Å². The summed E-state index contributed by atoms with van der Waals surface area (Å²) in [7, 11) is 0. The number of halogens is 1. The fourth-order valence-corrected chi connectivity index (χ4v) is 5.52. The average Bonchev–Trinajstić information content (AvgIpc) is 3.33. The number of esters is 2. The molecule has 4 aliphatic heterocycles. The van der Waals surface area contributed by atoms with Gasteiger partial charge in [-0.3, -0.25) is 0 Å². The van der Waals surface area contributed by atoms with Gasteiger partial charge >= 0.3 is 11.9 Å². The number of nitrogens with zero attached hydrogens (tertiary/aromatic N) is 2. The van der Waals surface area contributed by atoms with Crippen LogP contribution in [0.15, 0.2) is 36.4 Å². The van der Waals surface area contributed by atoms with Crippen LogP contribution in [0.1, 0.15) is 57.5 Å². The van der Waals surface area contributed by atoms with Crippen LogP contribution < -0.4 is 10.1 Å². The number of carbonyl (C=O) groups is 2. The van der Waals surface area contributed by atoms with E-state index in [1.54, 1.807) is 17.0 Å². The van der Waals surface area contributed by atoms with E-state index in [2.05, 4.69) is 11.5 Å². The number of fused-ring (bicyclic) bond motifs is 4. The van der Waals surface area contributed by atoms with E-state index in [1.165, 1.54) is 18.2 Å². The quantitative estimate of drug-likeness (QED) is 0.475. The van der Waals surface area contributed by atoms with Crippen LogP contribution >= 0.6 is 0 Å². The molecule has 0 atom stereocenters. The minimum Gasteiger partial charge on any atom is -0.491 e. The molecule has 2 N–H and O–H groups in total. The van der Waals surface area contributed by atoms with E-state index in [1.807, 2.05) is 6.07 Å². The largest absolute Gasteiger partial charge is 0.491 e. The second-order valence-electron chi connectivity index (χ2n) is 9.57. The van der Waals surface area contributed by atoms with E-state index >= 15 is 0 Å². The molecule has 37 heavy (non-hydrogen) atoms. The zero-order chi connectivity index (χ0) is 26.0. The Kier molecular flexibility index (Phi) is 6.75. The monoisotopic (exact) mass is 509 g/mol. The summed E-state index contributed by atoms with van der Waals surface area (Å²) < 4.78 is 29.9. The number of piperidine rings is 2. The molecule has 2 fully saturated rings. The van der Waals surface area contributed by atoms with Crippen molar-refractivity contribution in [3.63, 3.8) is 0 Å². The van der Waals surface area contributed by atoms with E-state index in [4.69, 9.17) is 24.6 Å². The first kappa shape index (κ1) is 25.0. The van der Waals surface area contributed by atoms with Gasteiger partial charge in [-0.1, -0.05) is 0 Å². The molecular weight excluding hydrogens is 481 g/mol. The number of aliphatic hydroxyl groups is 1. The molecule has 2 aromatic carbocycles. The van der Waals surface area contributed by atoms with Gasteiger partial charge in [0.15, 0.2) is 6.19 Å². The maximum atomic E-state index is 13.3. The number of likely N-dealkylation sites (tertiary alicyclic amines) is 1. The highest BCUT2D eigenvalue weighted by atomic mass is 19.1. The Morgan fingerprint density at radius 3 is 2.19 bits per heavy atom. The number of benzene rings is 2. The van der Waals surface area contributed by atoms with Crippen LogP contribution in [0.25, 0.3) is 0 Å². The minimum atomic E-state index is -0.734. The maximum absolute atomic E-state index is 13.3. The van der Waals surface area contributed by atoms with Gasteiger partial charge in [0.05, 0.1) is 17.7 Å². The first-order chi connectivity index (χ1) is 17.9. The topological polar surface area (TPSA) is 121 Å². The molecule has 2 saturated heterocycles. The molecule has 2 spiro atoms. The highest BCUT2D eigenvalue weighted by Crippen LogP contribution is 2.45. The molecule has 2 aromatic rings. The van der Waals surface area contributed by atoms with Gasteiger partial charge in [0.1, 0.15) is 29.4 Å². The third-order valence-corrected chi connectivity index (χ3v) is 7.45. The van der Waals surface area contributed by atoms with E-state index in [9.17, 15) is 14.0 Å². The van der Waals surface area contributed by atoms with Crippen LogP contribution in [-0.2, 0) is 20.7 Å². The second-order valence-corrected chi connectivity index (χ2v) is 9.57. The Morgan fingerprint density at radius 2 is 1.57 bits per heavy atom. The minimum absolute atomic E-state index is 0.0262. The summed E-state index contributed by atoms with van der Waals surface area (Å²) in [5.41, 5.74) is 1.41. The van der Waals surface area contributed by atoms with Crippen molar-refractivity contribution in [2.75, 3.05) is 39.4 Å². The first-order valence-electron chi connectivity index (χ1n) is 12.4. The molecule has 0 aliphatic carbocycles. The highest BCUT2D eigenvalue weighted by molar-refractivity contribution is 5.95. The lowest BCUT2D eigenvalue weighted by molar-refractivity contribution is -0.0360. The average molecular weight is 510 g/mol. The van der Waals surface area contributed by atoms with Crippen LogP contribution in [0.5, 0.6) is 5.75 Å². The first-order valence-corrected chi connectivity index (χ1v) is 12.4. The van der Waals surface area contributed by atoms with Gasteiger partial charge in [-0.05, 0) is 49.5 Å². The Bertz CT molecular complexity index is 1250. The molecule has 4 aliphatic rings. The third kappa shape index (κ3) is 4.61. The molecule has 0 radical (unpaired) electrons. The van der Waals surface area contributed by atoms with Gasteiger partial charge in [-0.15, -0.1) is 0 Å². The van der Waals surface area contributed by atoms with Gasteiger partial charge in [0.2, 0.25) is 0 Å². The van der Waals surface area contributed by atoms with Crippen LogP contribution in [0.3, 0.4) is 0 Å². The Labute approximate surface area is 213 Å². The lowest BCUT2D eigenvalue weighted by Gasteiger charge is -2.36. The smallest absolute Gasteiger partial charge is 0.339 e. The predicted molar refractivity (Wildman–Crippen MR) is 128 cm³/mol. The Morgan fingerprint density at radius 1 is 0.973 bits per heavy atom. The van der Waals surface area contributed by atoms with Crippen LogP contribution in [0.4, 0.5) is 4.39 Å². The number of nitriles is 1. The molecule has 0 aromatic heterocycles. The molecule has 10 heteroatoms. The van der Waals surface area contributed by atoms with Crippen molar-refractivity contribution in [2.45, 2.75) is 36.9 Å². The molecule has 0 bridgehead atoms. The van der Waals surface area contributed by atoms with Crippen molar-refractivity contribution in [3.05, 3.63) is 64.5 Å². The molecule has 0 saturated carbocycles. The summed E-state index contributed by atoms with van der Waals surface area (Å²) >= 11 is 0. The fraction of sp³-hybridized carbons (Fsp3) is 0.444. The van der Waals surface area contributed by atoms with Crippen molar-refractivity contribution in [1.29, 1.82) is 5.26 Å². The van der Waals surface area contributed by atoms with Crippen molar-refractivity contribution in [1.82, 2.24) is 10.2 Å². The van der Waals surface area contributed by atoms with Crippen molar-refractivity contribution in [2.24, 2.45) is 0 Å². The van der Waals surface area contributed by atoms with Crippen LogP contribution in [-0.4, -0.2) is 61.3 Å². The normalized spacial score (nSPS) is 20.3. The fourth-order valence-electron chi connectivity index (χ4n) is 5.52. The number of ether oxygens (including phenoxy) is 3. The summed E-state index contributed by atoms with van der Waals surface area (Å²) in [5, 5.41) is 20.9. The van der Waals surface area contributed by atoms with Crippen molar-refractivity contribution in [3.8, 4) is 11.9 Å². The van der Waals surface area contributed by atoms with Crippen molar-refractivity contribution < 1.29 is 33.3 Å². The Balaban J connectivity index is 0.000000152. The summed E-state index contributed by atoms with van der Waals surface area (Å²) in [6.07, 6.45) is 4.71. The lowest BCUT2D eigenvalue weighted by atomic mass is 9.84. The standard InChI is InChI=1S/C14H17NO4.C13H11FN2O2/c16-7-8-18-10-1-2-11-12(9-10)14(19-13(11)17)3-5-15-6-4-14;14-9-1-2-10-11(7-9)13(18-12(10)17)3-5-16(8-15)6-4-13/h1-2,9,15-16H,3-8H2;1-2,7H,3-6H2. The molecule has 0 amide bonds. The number of carbonyl (C=O) groups excluding carboxylic acids is 2. The van der Waals surface area contributed by atoms with Gasteiger partial charge in [0.25, 0.3) is 0 Å². The third-order valence-electron chi connectivity index (χ3n) is 7.45. The van der Waals surface area contributed by atoms with Crippen molar-refractivity contribution >= 4 is 11.9 Å². The highest BCUT2D eigenvalue weighted by Gasteiger charge is 2.48. The molecule has 4 heterocycles. The molecular formula is C27H28FN3O6. The summed E-state index contributed by atoms with van der Waals surface area (Å²) in [5.74, 6) is -0.334. The number of hydrogen-bond donors (Lipinski definition) is 2. The zero-order valence-electron chi connectivity index (χ0n) is 20.3. The number of rotatable bonds is 3. The van der Waals surface area contributed by atoms with Crippen LogP contribution in [0, 0.1) is 17.3 Å². The molecule has 194 valence electrons. The summed E-state index contributed by atoms with van der Waals surface area (Å²) in [4.78, 5) is 25.3. The number of nitrogens with one attached hydrogen (secondary N) is 1. The molecule has 0 unspecified atom stereocenters. The van der Waals surface area contributed by atoms with Gasteiger partial charge in [-0.25, -0.2) is 14.0 Å². The van der Waals surface area contributed by atoms with E-state index < -0.39 is 17.2 Å². The molecule has 9 nitrogen and oxygen atoms in total. The summed E-state index contributed by atoms with van der Waals surface area (Å²) in [6, 6.07) is 9.49.